The van der Waals surface area contributed by atoms with Crippen molar-refractivity contribution in [1.82, 2.24) is 5.09 Å². The van der Waals surface area contributed by atoms with E-state index in [1.54, 1.807) is 13.8 Å². The molecule has 0 radical (unpaired) electrons. The van der Waals surface area contributed by atoms with Crippen LogP contribution in [0.1, 0.15) is 40.5 Å². The Balaban J connectivity index is 2.89. The summed E-state index contributed by atoms with van der Waals surface area (Å²) in [6, 6.07) is 4.15. The van der Waals surface area contributed by atoms with Gasteiger partial charge in [0.25, 0.3) is 5.69 Å². The molecule has 0 aliphatic heterocycles. The van der Waals surface area contributed by atoms with Crippen LogP contribution in [0.4, 0.5) is 5.69 Å². The molecule has 0 amide bonds. The van der Waals surface area contributed by atoms with Crippen LogP contribution in [0.15, 0.2) is 24.3 Å². The summed E-state index contributed by atoms with van der Waals surface area (Å²) in [6.45, 7) is 7.01. The second kappa shape index (κ2) is 10.3. The molecule has 0 heterocycles. The van der Waals surface area contributed by atoms with E-state index in [1.165, 1.54) is 31.2 Å². The van der Waals surface area contributed by atoms with Gasteiger partial charge in [-0.05, 0) is 39.3 Å². The van der Waals surface area contributed by atoms with Crippen molar-refractivity contribution in [2.24, 2.45) is 0 Å². The first-order valence-corrected chi connectivity index (χ1v) is 9.88. The Morgan fingerprint density at radius 2 is 1.88 bits per heavy atom. The van der Waals surface area contributed by atoms with Crippen LogP contribution in [0.5, 0.6) is 5.75 Å². The van der Waals surface area contributed by atoms with Gasteiger partial charge in [0, 0.05) is 12.1 Å². The number of nitrogens with one attached hydrogen (secondary N) is 1. The fraction of sp³-hybridized carbons (Fsp3) is 0.562. The van der Waals surface area contributed by atoms with Gasteiger partial charge in [0.15, 0.2) is 0 Å². The van der Waals surface area contributed by atoms with Crippen molar-refractivity contribution in [2.75, 3.05) is 6.61 Å². The molecule has 146 valence electrons. The molecule has 1 N–H and O–H groups in total. The number of unbranched alkanes of at least 4 members (excludes halogenated alkanes) is 1. The number of nitro benzene ring substituents is 1. The summed E-state index contributed by atoms with van der Waals surface area (Å²) in [4.78, 5) is 22.1. The van der Waals surface area contributed by atoms with Crippen LogP contribution in [0.3, 0.4) is 0 Å². The molecule has 9 nitrogen and oxygen atoms in total. The lowest BCUT2D eigenvalue weighted by Crippen LogP contribution is -2.36. The van der Waals surface area contributed by atoms with Gasteiger partial charge in [-0.25, -0.2) is 4.57 Å². The third kappa shape index (κ3) is 7.51. The fourth-order valence-corrected chi connectivity index (χ4v) is 3.34. The smallest absolute Gasteiger partial charge is 0.459 e. The summed E-state index contributed by atoms with van der Waals surface area (Å²) in [5.41, 5.74) is -0.124. The molecule has 1 aromatic carbocycles. The lowest BCUT2D eigenvalue weighted by atomic mass is 10.3. The highest BCUT2D eigenvalue weighted by Crippen LogP contribution is 2.45. The summed E-state index contributed by atoms with van der Waals surface area (Å²) < 4.78 is 28.8. The monoisotopic (exact) mass is 388 g/mol. The second-order valence-electron chi connectivity index (χ2n) is 5.86. The minimum atomic E-state index is -3.88. The van der Waals surface area contributed by atoms with Gasteiger partial charge < -0.3 is 9.26 Å². The molecule has 0 saturated heterocycles. The predicted octanol–water partition coefficient (Wildman–Crippen LogP) is 3.83. The van der Waals surface area contributed by atoms with Crippen molar-refractivity contribution >= 4 is 19.4 Å². The van der Waals surface area contributed by atoms with Crippen LogP contribution in [0.25, 0.3) is 0 Å². The van der Waals surface area contributed by atoms with E-state index in [-0.39, 0.29) is 24.1 Å². The molecule has 0 saturated carbocycles. The first-order chi connectivity index (χ1) is 12.2. The van der Waals surface area contributed by atoms with E-state index < -0.39 is 24.7 Å². The highest BCUT2D eigenvalue weighted by molar-refractivity contribution is 7.52. The number of nitro groups is 1. The Labute approximate surface area is 152 Å². The van der Waals surface area contributed by atoms with E-state index in [9.17, 15) is 19.5 Å². The predicted molar refractivity (Wildman–Crippen MR) is 96.0 cm³/mol. The number of ether oxygens (including phenoxy) is 1. The maximum Gasteiger partial charge on any atom is 0.459 e. The highest BCUT2D eigenvalue weighted by atomic mass is 31.2. The maximum absolute atomic E-state index is 13.0. The van der Waals surface area contributed by atoms with Crippen LogP contribution in [-0.2, 0) is 18.6 Å². The molecular weight excluding hydrogens is 363 g/mol. The molecule has 10 heteroatoms. The van der Waals surface area contributed by atoms with E-state index in [4.69, 9.17) is 13.8 Å². The van der Waals surface area contributed by atoms with Gasteiger partial charge in [-0.1, -0.05) is 13.3 Å². The number of benzene rings is 1. The van der Waals surface area contributed by atoms with E-state index in [0.29, 0.717) is 6.42 Å². The third-order valence-electron chi connectivity index (χ3n) is 3.09. The second-order valence-corrected chi connectivity index (χ2v) is 7.56. The van der Waals surface area contributed by atoms with Gasteiger partial charge in [0.2, 0.25) is 0 Å². The van der Waals surface area contributed by atoms with Crippen molar-refractivity contribution in [3.8, 4) is 5.75 Å². The SMILES string of the molecule is CCCCOP(=O)(NC(C)C(=O)OC(C)C)Oc1ccc([N+](=O)[O-])cc1. The topological polar surface area (TPSA) is 117 Å². The number of carbonyl (C=O) groups is 1. The third-order valence-corrected chi connectivity index (χ3v) is 4.77. The Morgan fingerprint density at radius 3 is 2.38 bits per heavy atom. The highest BCUT2D eigenvalue weighted by Gasteiger charge is 2.32. The number of esters is 1. The Morgan fingerprint density at radius 1 is 1.27 bits per heavy atom. The van der Waals surface area contributed by atoms with E-state index in [0.717, 1.165) is 6.42 Å². The lowest BCUT2D eigenvalue weighted by Gasteiger charge is -2.23. The summed E-state index contributed by atoms with van der Waals surface area (Å²) in [5.74, 6) is -0.473. The fourth-order valence-electron chi connectivity index (χ4n) is 1.81. The van der Waals surface area contributed by atoms with E-state index >= 15 is 0 Å². The first-order valence-electron chi connectivity index (χ1n) is 8.33. The summed E-state index contributed by atoms with van der Waals surface area (Å²) in [6.07, 6.45) is 1.16. The summed E-state index contributed by atoms with van der Waals surface area (Å²) in [5, 5.41) is 13.2. The number of carbonyl (C=O) groups excluding carboxylic acids is 1. The van der Waals surface area contributed by atoms with Gasteiger partial charge in [-0.15, -0.1) is 0 Å². The number of hydrogen-bond donors (Lipinski definition) is 1. The van der Waals surface area contributed by atoms with Crippen LogP contribution in [0.2, 0.25) is 0 Å². The summed E-state index contributed by atoms with van der Waals surface area (Å²) >= 11 is 0. The summed E-state index contributed by atoms with van der Waals surface area (Å²) in [7, 11) is -3.88. The van der Waals surface area contributed by atoms with Gasteiger partial charge in [-0.2, -0.15) is 5.09 Å². The molecule has 1 aromatic rings. The van der Waals surface area contributed by atoms with Crippen molar-refractivity contribution < 1.29 is 28.1 Å². The molecule has 0 fully saturated rings. The van der Waals surface area contributed by atoms with Crippen LogP contribution < -0.4 is 9.61 Å². The van der Waals surface area contributed by atoms with Crippen molar-refractivity contribution in [2.45, 2.75) is 52.7 Å². The zero-order valence-electron chi connectivity index (χ0n) is 15.3. The van der Waals surface area contributed by atoms with Gasteiger partial charge in [-0.3, -0.25) is 19.4 Å². The van der Waals surface area contributed by atoms with Crippen molar-refractivity contribution in [1.29, 1.82) is 0 Å². The minimum absolute atomic E-state index is 0.118. The van der Waals surface area contributed by atoms with Gasteiger partial charge in [0.05, 0.1) is 17.6 Å². The van der Waals surface area contributed by atoms with Crippen molar-refractivity contribution in [3.05, 3.63) is 34.4 Å². The minimum Gasteiger partial charge on any atom is -0.462 e. The Hall–Kier alpha value is -1.96. The van der Waals surface area contributed by atoms with Crippen LogP contribution in [0, 0.1) is 10.1 Å². The quantitative estimate of drug-likeness (QED) is 0.200. The molecule has 0 aliphatic carbocycles. The zero-order chi connectivity index (χ0) is 19.7. The van der Waals surface area contributed by atoms with Crippen LogP contribution in [-0.4, -0.2) is 29.6 Å². The molecule has 0 spiro atoms. The first kappa shape index (κ1) is 22.1. The normalized spacial score (nSPS) is 14.5. The molecule has 26 heavy (non-hydrogen) atoms. The van der Waals surface area contributed by atoms with Crippen LogP contribution >= 0.6 is 7.75 Å². The molecular formula is C16H25N2O7P. The number of hydrogen-bond acceptors (Lipinski definition) is 7. The van der Waals surface area contributed by atoms with Gasteiger partial charge in [0.1, 0.15) is 11.8 Å². The number of nitrogens with zero attached hydrogens (tertiary/aromatic N) is 1. The van der Waals surface area contributed by atoms with E-state index in [1.807, 2.05) is 6.92 Å². The average Bonchev–Trinajstić information content (AvgIpc) is 2.54. The molecule has 0 bridgehead atoms. The number of rotatable bonds is 11. The lowest BCUT2D eigenvalue weighted by molar-refractivity contribution is -0.384. The van der Waals surface area contributed by atoms with Crippen molar-refractivity contribution in [3.63, 3.8) is 0 Å². The van der Waals surface area contributed by atoms with E-state index in [2.05, 4.69) is 5.09 Å². The number of non-ortho nitro benzene ring substituents is 1. The molecule has 0 aromatic heterocycles. The Kier molecular flexibility index (Phi) is 8.71. The largest absolute Gasteiger partial charge is 0.462 e. The van der Waals surface area contributed by atoms with Gasteiger partial charge >= 0.3 is 13.7 Å². The average molecular weight is 388 g/mol. The maximum atomic E-state index is 13.0. The molecule has 2 atom stereocenters. The molecule has 0 aliphatic rings. The standard InChI is InChI=1S/C16H25N2O7P/c1-5-6-11-23-26(22,17-13(4)16(19)24-12(2)3)25-15-9-7-14(8-10-15)18(20)21/h7-10,12-13H,5-6,11H2,1-4H3,(H,17,22). The Bertz CT molecular complexity index is 649. The molecule has 1 rings (SSSR count). The zero-order valence-corrected chi connectivity index (χ0v) is 16.2. The molecule has 2 unspecified atom stereocenters.